The number of alkyl halides is 3. The Morgan fingerprint density at radius 1 is 1.29 bits per heavy atom. The van der Waals surface area contributed by atoms with E-state index in [1.165, 1.54) is 12.1 Å². The molecule has 0 atom stereocenters. The van der Waals surface area contributed by atoms with E-state index < -0.39 is 28.6 Å². The van der Waals surface area contributed by atoms with E-state index in [1.807, 2.05) is 0 Å². The van der Waals surface area contributed by atoms with Gasteiger partial charge in [0.05, 0.1) is 16.6 Å². The summed E-state index contributed by atoms with van der Waals surface area (Å²) in [5, 5.41) is 13.4. The molecule has 2 aromatic rings. The number of benzene rings is 1. The van der Waals surface area contributed by atoms with Crippen molar-refractivity contribution in [2.75, 3.05) is 5.32 Å². The van der Waals surface area contributed by atoms with Crippen LogP contribution in [0, 0.1) is 10.1 Å². The Morgan fingerprint density at radius 2 is 2.00 bits per heavy atom. The van der Waals surface area contributed by atoms with Crippen molar-refractivity contribution < 1.29 is 27.6 Å². The molecule has 0 bridgehead atoms. The van der Waals surface area contributed by atoms with Crippen LogP contribution in [-0.2, 0) is 0 Å². The van der Waals surface area contributed by atoms with Gasteiger partial charge in [0.25, 0.3) is 11.6 Å². The number of amides is 1. The Hall–Kier alpha value is -2.88. The van der Waals surface area contributed by atoms with Crippen LogP contribution in [0.5, 0.6) is 5.75 Å². The van der Waals surface area contributed by atoms with E-state index in [9.17, 15) is 28.1 Å². The first kappa shape index (κ1) is 17.5. The van der Waals surface area contributed by atoms with Crippen LogP contribution in [0.1, 0.15) is 10.4 Å². The lowest BCUT2D eigenvalue weighted by Crippen LogP contribution is -2.17. The van der Waals surface area contributed by atoms with Gasteiger partial charge >= 0.3 is 6.36 Å². The standard InChI is InChI=1S/C13H7ClF3N3O4/c14-11-4-1-7(6-18-11)12(21)19-9-3-2-8(24-13(15,16)17)5-10(9)20(22)23/h1-6H,(H,19,21). The summed E-state index contributed by atoms with van der Waals surface area (Å²) in [5.41, 5.74) is -0.995. The lowest BCUT2D eigenvalue weighted by Gasteiger charge is -2.10. The number of nitrogens with one attached hydrogen (secondary N) is 1. The number of carbonyl (C=O) groups is 1. The van der Waals surface area contributed by atoms with Gasteiger partial charge in [-0.3, -0.25) is 14.9 Å². The van der Waals surface area contributed by atoms with E-state index in [2.05, 4.69) is 15.0 Å². The van der Waals surface area contributed by atoms with Crippen molar-refractivity contribution in [2.45, 2.75) is 6.36 Å². The van der Waals surface area contributed by atoms with Gasteiger partial charge in [-0.1, -0.05) is 11.6 Å². The number of nitro groups is 1. The average Bonchev–Trinajstić information content (AvgIpc) is 2.47. The Labute approximate surface area is 137 Å². The molecule has 0 spiro atoms. The Balaban J connectivity index is 2.27. The lowest BCUT2D eigenvalue weighted by molar-refractivity contribution is -0.384. The first-order valence-corrected chi connectivity index (χ1v) is 6.50. The Morgan fingerprint density at radius 3 is 2.54 bits per heavy atom. The first-order valence-electron chi connectivity index (χ1n) is 6.13. The van der Waals surface area contributed by atoms with Crippen molar-refractivity contribution in [3.05, 3.63) is 57.4 Å². The van der Waals surface area contributed by atoms with E-state index >= 15 is 0 Å². The number of nitro benzene ring substituents is 1. The number of hydrogen-bond acceptors (Lipinski definition) is 5. The summed E-state index contributed by atoms with van der Waals surface area (Å²) < 4.78 is 40.1. The van der Waals surface area contributed by atoms with E-state index in [-0.39, 0.29) is 16.4 Å². The fourth-order valence-electron chi connectivity index (χ4n) is 1.67. The molecule has 7 nitrogen and oxygen atoms in total. The minimum atomic E-state index is -4.99. The van der Waals surface area contributed by atoms with Gasteiger partial charge in [-0.25, -0.2) is 4.98 Å². The largest absolute Gasteiger partial charge is 0.573 e. The highest BCUT2D eigenvalue weighted by Gasteiger charge is 2.32. The van der Waals surface area contributed by atoms with Gasteiger partial charge in [-0.2, -0.15) is 0 Å². The quantitative estimate of drug-likeness (QED) is 0.508. The molecule has 126 valence electrons. The molecule has 1 aromatic carbocycles. The average molecular weight is 362 g/mol. The number of halogens is 4. The number of hydrogen-bond donors (Lipinski definition) is 1. The normalized spacial score (nSPS) is 11.0. The van der Waals surface area contributed by atoms with Crippen molar-refractivity contribution in [3.63, 3.8) is 0 Å². The molecule has 0 fully saturated rings. The Kier molecular flexibility index (Phi) is 4.88. The van der Waals surface area contributed by atoms with Crippen LogP contribution in [0.4, 0.5) is 24.5 Å². The second kappa shape index (κ2) is 6.71. The smallest absolute Gasteiger partial charge is 0.406 e. The van der Waals surface area contributed by atoms with E-state index in [0.29, 0.717) is 6.07 Å². The van der Waals surface area contributed by atoms with E-state index in [1.54, 1.807) is 0 Å². The van der Waals surface area contributed by atoms with Crippen LogP contribution in [0.3, 0.4) is 0 Å². The van der Waals surface area contributed by atoms with Crippen molar-refractivity contribution in [3.8, 4) is 5.75 Å². The predicted molar refractivity (Wildman–Crippen MR) is 77.0 cm³/mol. The number of ether oxygens (including phenoxy) is 1. The molecule has 0 aliphatic heterocycles. The number of rotatable bonds is 4. The topological polar surface area (TPSA) is 94.4 Å². The molecule has 1 amide bonds. The third kappa shape index (κ3) is 4.56. The van der Waals surface area contributed by atoms with Crippen LogP contribution < -0.4 is 10.1 Å². The fourth-order valence-corrected chi connectivity index (χ4v) is 1.78. The fraction of sp³-hybridized carbons (Fsp3) is 0.0769. The molecular formula is C13H7ClF3N3O4. The molecule has 2 rings (SSSR count). The maximum absolute atomic E-state index is 12.2. The summed E-state index contributed by atoms with van der Waals surface area (Å²) in [6.45, 7) is 0. The number of carbonyl (C=O) groups excluding carboxylic acids is 1. The van der Waals surface area contributed by atoms with Crippen LogP contribution in [0.25, 0.3) is 0 Å². The van der Waals surface area contributed by atoms with Crippen LogP contribution in [-0.4, -0.2) is 22.2 Å². The minimum Gasteiger partial charge on any atom is -0.406 e. The van der Waals surface area contributed by atoms with Gasteiger partial charge in [0.15, 0.2) is 0 Å². The zero-order valence-corrected chi connectivity index (χ0v) is 12.3. The summed E-state index contributed by atoms with van der Waals surface area (Å²) in [6, 6.07) is 5.00. The summed E-state index contributed by atoms with van der Waals surface area (Å²) in [4.78, 5) is 25.7. The molecule has 0 unspecified atom stereocenters. The number of nitrogens with zero attached hydrogens (tertiary/aromatic N) is 2. The molecule has 0 saturated heterocycles. The number of pyridine rings is 1. The minimum absolute atomic E-state index is 0.0596. The van der Waals surface area contributed by atoms with Gasteiger partial charge in [0.2, 0.25) is 0 Å². The van der Waals surface area contributed by atoms with Crippen molar-refractivity contribution in [1.29, 1.82) is 0 Å². The summed E-state index contributed by atoms with van der Waals surface area (Å²) >= 11 is 5.58. The molecule has 0 radical (unpaired) electrons. The second-order valence-corrected chi connectivity index (χ2v) is 4.69. The third-order valence-corrected chi connectivity index (χ3v) is 2.86. The zero-order chi connectivity index (χ0) is 17.9. The third-order valence-electron chi connectivity index (χ3n) is 2.64. The highest BCUT2D eigenvalue weighted by atomic mass is 35.5. The van der Waals surface area contributed by atoms with Gasteiger partial charge in [0.1, 0.15) is 16.6 Å². The van der Waals surface area contributed by atoms with Gasteiger partial charge < -0.3 is 10.1 Å². The molecule has 1 heterocycles. The maximum atomic E-state index is 12.2. The second-order valence-electron chi connectivity index (χ2n) is 4.31. The molecular weight excluding hydrogens is 355 g/mol. The predicted octanol–water partition coefficient (Wildman–Crippen LogP) is 3.79. The molecule has 0 aliphatic carbocycles. The monoisotopic (exact) mass is 361 g/mol. The highest BCUT2D eigenvalue weighted by molar-refractivity contribution is 6.29. The molecule has 1 N–H and O–H groups in total. The van der Waals surface area contributed by atoms with Gasteiger partial charge in [0, 0.05) is 6.20 Å². The Bertz CT molecular complexity index is 781. The molecule has 24 heavy (non-hydrogen) atoms. The maximum Gasteiger partial charge on any atom is 0.573 e. The molecule has 0 saturated carbocycles. The molecule has 0 aliphatic rings. The van der Waals surface area contributed by atoms with Crippen LogP contribution in [0.2, 0.25) is 5.15 Å². The number of anilines is 1. The SMILES string of the molecule is O=C(Nc1ccc(OC(F)(F)F)cc1[N+](=O)[O-])c1ccc(Cl)nc1. The van der Waals surface area contributed by atoms with Crippen molar-refractivity contribution in [1.82, 2.24) is 4.98 Å². The van der Waals surface area contributed by atoms with Crippen molar-refractivity contribution in [2.24, 2.45) is 0 Å². The first-order chi connectivity index (χ1) is 11.2. The zero-order valence-electron chi connectivity index (χ0n) is 11.5. The lowest BCUT2D eigenvalue weighted by atomic mass is 10.2. The van der Waals surface area contributed by atoms with Gasteiger partial charge in [-0.15, -0.1) is 13.2 Å². The van der Waals surface area contributed by atoms with Crippen LogP contribution >= 0.6 is 11.6 Å². The summed E-state index contributed by atoms with van der Waals surface area (Å²) in [7, 11) is 0. The van der Waals surface area contributed by atoms with Crippen molar-refractivity contribution >= 4 is 28.9 Å². The molecule has 1 aromatic heterocycles. The summed E-state index contributed by atoms with van der Waals surface area (Å²) in [6.07, 6.45) is -3.85. The highest BCUT2D eigenvalue weighted by Crippen LogP contribution is 2.32. The van der Waals surface area contributed by atoms with E-state index in [0.717, 1.165) is 18.3 Å². The van der Waals surface area contributed by atoms with Gasteiger partial charge in [-0.05, 0) is 24.3 Å². The van der Waals surface area contributed by atoms with E-state index in [4.69, 9.17) is 11.6 Å². The summed E-state index contributed by atoms with van der Waals surface area (Å²) in [5.74, 6) is -1.52. The molecule has 11 heteroatoms. The number of aromatic nitrogens is 1. The van der Waals surface area contributed by atoms with Crippen LogP contribution in [0.15, 0.2) is 36.5 Å².